The molecule has 0 saturated heterocycles. The van der Waals surface area contributed by atoms with E-state index in [1.54, 1.807) is 12.1 Å². The van der Waals surface area contributed by atoms with Crippen molar-refractivity contribution < 1.29 is 32.1 Å². The number of hydrogen-bond donors (Lipinski definition) is 3. The Morgan fingerprint density at radius 3 is 2.66 bits per heavy atom. The van der Waals surface area contributed by atoms with Crippen molar-refractivity contribution in [3.8, 4) is 0 Å². The van der Waals surface area contributed by atoms with E-state index in [0.717, 1.165) is 28.3 Å². The number of benzene rings is 1. The topological polar surface area (TPSA) is 170 Å². The smallest absolute Gasteiger partial charge is 0.306 e. The second-order valence-corrected chi connectivity index (χ2v) is 11.2. The third-order valence-electron chi connectivity index (χ3n) is 4.55. The molecule has 16 heteroatoms. The van der Waals surface area contributed by atoms with Crippen LogP contribution in [0, 0.1) is 0 Å². The summed E-state index contributed by atoms with van der Waals surface area (Å²) in [6.45, 7) is 0. The molecule has 0 spiro atoms. The number of anilines is 2. The molecule has 0 saturated carbocycles. The van der Waals surface area contributed by atoms with Crippen molar-refractivity contribution in [1.29, 1.82) is 0 Å². The van der Waals surface area contributed by atoms with E-state index in [9.17, 15) is 22.8 Å². The van der Waals surface area contributed by atoms with Crippen LogP contribution < -0.4 is 20.8 Å². The zero-order valence-electron chi connectivity index (χ0n) is 17.3. The molecule has 12 nitrogen and oxygen atoms in total. The van der Waals surface area contributed by atoms with E-state index in [0.29, 0.717) is 10.5 Å². The first-order chi connectivity index (χ1) is 16.7. The lowest BCUT2D eigenvalue weighted by atomic mass is 9.98. The van der Waals surface area contributed by atoms with Gasteiger partial charge in [0.15, 0.2) is 0 Å². The lowest BCUT2D eigenvalue weighted by molar-refractivity contribution is -0.195. The highest BCUT2D eigenvalue weighted by Gasteiger charge is 2.33. The molecule has 1 aliphatic rings. The Bertz CT molecular complexity index is 1410. The van der Waals surface area contributed by atoms with E-state index in [2.05, 4.69) is 19.6 Å². The van der Waals surface area contributed by atoms with E-state index in [4.69, 9.17) is 17.5 Å². The summed E-state index contributed by atoms with van der Waals surface area (Å²) in [6, 6.07) is 9.14. The summed E-state index contributed by atoms with van der Waals surface area (Å²) < 4.78 is 31.0. The average molecular weight is 556 g/mol. The predicted octanol–water partition coefficient (Wildman–Crippen LogP) is 2.87. The van der Waals surface area contributed by atoms with Crippen molar-refractivity contribution in [2.75, 3.05) is 10.2 Å². The van der Waals surface area contributed by atoms with Gasteiger partial charge in [0, 0.05) is 10.5 Å². The number of thiophene rings is 1. The molecule has 0 radical (unpaired) electrons. The van der Waals surface area contributed by atoms with Crippen LogP contribution in [-0.2, 0) is 30.6 Å². The molecule has 35 heavy (non-hydrogen) atoms. The van der Waals surface area contributed by atoms with Gasteiger partial charge >= 0.3 is 6.03 Å². The Labute approximate surface area is 211 Å². The maximum atomic E-state index is 13.0. The fourth-order valence-electron chi connectivity index (χ4n) is 3.09. The number of carbonyl (C=O) groups excluding carboxylic acids is 3. The number of urea groups is 1. The highest BCUT2D eigenvalue weighted by Crippen LogP contribution is 2.29. The molecule has 3 aromatic rings. The van der Waals surface area contributed by atoms with E-state index >= 15 is 0 Å². The summed E-state index contributed by atoms with van der Waals surface area (Å²) in [5.41, 5.74) is 0.940. The van der Waals surface area contributed by atoms with Gasteiger partial charge in [0.05, 0.1) is 34.7 Å². The fraction of sp³-hybridized carbons (Fsp3) is 0.0526. The molecule has 0 unspecified atom stereocenters. The molecular formula is C19H14ClN5O7S3. The maximum Gasteiger partial charge on any atom is 0.333 e. The van der Waals surface area contributed by atoms with Crippen molar-refractivity contribution >= 4 is 74.4 Å². The van der Waals surface area contributed by atoms with Gasteiger partial charge in [0.1, 0.15) is 10.0 Å². The van der Waals surface area contributed by atoms with E-state index < -0.39 is 27.9 Å². The second kappa shape index (κ2) is 10.3. The number of nitrogens with two attached hydrogens (primary N) is 1. The van der Waals surface area contributed by atoms with E-state index in [1.807, 2.05) is 4.72 Å². The zero-order valence-corrected chi connectivity index (χ0v) is 20.5. The molecule has 182 valence electrons. The number of sulfonamides is 1. The van der Waals surface area contributed by atoms with Crippen LogP contribution in [0.2, 0.25) is 4.34 Å². The summed E-state index contributed by atoms with van der Waals surface area (Å²) in [4.78, 5) is 47.3. The first kappa shape index (κ1) is 25.1. The Kier molecular flexibility index (Phi) is 7.36. The molecule has 1 aromatic carbocycles. The van der Waals surface area contributed by atoms with Gasteiger partial charge in [0.2, 0.25) is 5.91 Å². The molecule has 4 N–H and O–H groups in total. The molecule has 4 amide bonds. The number of halogens is 1. The minimum atomic E-state index is -4.11. The van der Waals surface area contributed by atoms with Crippen molar-refractivity contribution in [2.45, 2.75) is 15.5 Å². The Hall–Kier alpha value is -3.05. The summed E-state index contributed by atoms with van der Waals surface area (Å²) in [5, 5.41) is 2.32. The molecule has 4 rings (SSSR count). The number of fused-ring (bicyclic) bond motifs is 1. The van der Waals surface area contributed by atoms with Crippen LogP contribution in [0.1, 0.15) is 15.9 Å². The van der Waals surface area contributed by atoms with Gasteiger partial charge in [0.25, 0.3) is 15.9 Å². The molecule has 3 heterocycles. The van der Waals surface area contributed by atoms with Crippen molar-refractivity contribution in [3.63, 3.8) is 0 Å². The lowest BCUT2D eigenvalue weighted by Crippen LogP contribution is -2.43. The third-order valence-corrected chi connectivity index (χ3v) is 8.20. The van der Waals surface area contributed by atoms with Crippen LogP contribution in [0.25, 0.3) is 0 Å². The van der Waals surface area contributed by atoms with E-state index in [-0.39, 0.29) is 32.0 Å². The SMILES string of the molecule is NOOSc1ccc2c(c1)C(=O)N(c1ccc(NC(=O)NS(=O)(=O)c3ccc(Cl)s3)cn1)C(=O)C2. The van der Waals surface area contributed by atoms with Crippen LogP contribution in [0.15, 0.2) is 57.8 Å². The van der Waals surface area contributed by atoms with Gasteiger partial charge in [-0.25, -0.2) is 27.8 Å². The largest absolute Gasteiger partial charge is 0.333 e. The number of imide groups is 1. The van der Waals surface area contributed by atoms with Crippen molar-refractivity contribution in [1.82, 2.24) is 9.71 Å². The van der Waals surface area contributed by atoms with Crippen LogP contribution in [0.4, 0.5) is 16.3 Å². The number of pyridine rings is 1. The summed E-state index contributed by atoms with van der Waals surface area (Å²) in [5.74, 6) is 3.76. The summed E-state index contributed by atoms with van der Waals surface area (Å²) in [7, 11) is -4.11. The van der Waals surface area contributed by atoms with Gasteiger partial charge in [-0.2, -0.15) is 5.90 Å². The van der Waals surface area contributed by atoms with Crippen LogP contribution in [0.5, 0.6) is 0 Å². The maximum absolute atomic E-state index is 13.0. The molecule has 2 aromatic heterocycles. The molecule has 0 aliphatic carbocycles. The predicted molar refractivity (Wildman–Crippen MR) is 127 cm³/mol. The van der Waals surface area contributed by atoms with Crippen LogP contribution in [0.3, 0.4) is 0 Å². The van der Waals surface area contributed by atoms with Gasteiger partial charge in [-0.15, -0.1) is 20.7 Å². The number of hydrogen-bond acceptors (Lipinski definition) is 11. The van der Waals surface area contributed by atoms with Gasteiger partial charge in [-0.3, -0.25) is 9.59 Å². The average Bonchev–Trinajstić information content (AvgIpc) is 3.26. The molecule has 0 atom stereocenters. The lowest BCUT2D eigenvalue weighted by Gasteiger charge is -2.26. The number of amides is 4. The monoisotopic (exact) mass is 555 g/mol. The first-order valence-electron chi connectivity index (χ1n) is 9.43. The third kappa shape index (κ3) is 5.62. The van der Waals surface area contributed by atoms with Crippen LogP contribution in [-0.4, -0.2) is 31.2 Å². The standard InChI is InChI=1S/C19H14ClN5O7S3/c20-14-4-6-17(33-14)35(29,30)24-19(28)23-11-2-5-15(22-9-11)25-16(26)7-10-1-3-12(34-32-31-21)8-13(10)18(25)27/h1-6,8-9H,7,21H2,(H2,23,24,28). The first-order valence-corrected chi connectivity index (χ1v) is 12.9. The molecule has 0 bridgehead atoms. The molecular weight excluding hydrogens is 542 g/mol. The van der Waals surface area contributed by atoms with Gasteiger partial charge in [-0.05, 0) is 42.0 Å². The number of aromatic nitrogens is 1. The molecule has 1 aliphatic heterocycles. The van der Waals surface area contributed by atoms with E-state index in [1.165, 1.54) is 36.5 Å². The minimum Gasteiger partial charge on any atom is -0.306 e. The minimum absolute atomic E-state index is 0.0251. The Balaban J connectivity index is 1.47. The van der Waals surface area contributed by atoms with Crippen molar-refractivity contribution in [2.24, 2.45) is 5.90 Å². The van der Waals surface area contributed by atoms with Crippen molar-refractivity contribution in [3.05, 3.63) is 64.1 Å². The number of nitrogens with one attached hydrogen (secondary N) is 2. The van der Waals surface area contributed by atoms with Gasteiger partial charge < -0.3 is 5.32 Å². The summed E-state index contributed by atoms with van der Waals surface area (Å²) >= 11 is 7.32. The van der Waals surface area contributed by atoms with Gasteiger partial charge in [-0.1, -0.05) is 17.7 Å². The highest BCUT2D eigenvalue weighted by molar-refractivity contribution is 7.94. The second-order valence-electron chi connectivity index (χ2n) is 6.80. The number of nitrogens with zero attached hydrogens (tertiary/aromatic N) is 2. The quantitative estimate of drug-likeness (QED) is 0.170. The number of rotatable bonds is 7. The fourth-order valence-corrected chi connectivity index (χ4v) is 5.89. The normalized spacial score (nSPS) is 13.5. The highest BCUT2D eigenvalue weighted by atomic mass is 35.5. The Morgan fingerprint density at radius 2 is 2.00 bits per heavy atom. The number of carbonyl (C=O) groups is 3. The van der Waals surface area contributed by atoms with Crippen LogP contribution >= 0.6 is 35.0 Å². The Morgan fingerprint density at radius 1 is 1.20 bits per heavy atom. The summed E-state index contributed by atoms with van der Waals surface area (Å²) in [6.07, 6.45) is 1.15. The molecule has 0 fully saturated rings. The zero-order chi connectivity index (χ0) is 25.2.